The molecule has 1 N–H and O–H groups in total. The highest BCUT2D eigenvalue weighted by molar-refractivity contribution is 7.99. The summed E-state index contributed by atoms with van der Waals surface area (Å²) in [6.07, 6.45) is 0.254. The van der Waals surface area contributed by atoms with Crippen LogP contribution in [0.25, 0.3) is 0 Å². The van der Waals surface area contributed by atoms with Gasteiger partial charge in [-0.1, -0.05) is 24.3 Å². The zero-order chi connectivity index (χ0) is 21.1. The zero-order valence-electron chi connectivity index (χ0n) is 17.7. The smallest absolute Gasteiger partial charge is 0.229 e. The molecule has 0 saturated carbocycles. The monoisotopic (exact) mass is 423 g/mol. The van der Waals surface area contributed by atoms with Crippen LogP contribution in [-0.4, -0.2) is 47.9 Å². The van der Waals surface area contributed by atoms with Crippen LogP contribution in [0.5, 0.6) is 0 Å². The molecule has 2 fully saturated rings. The quantitative estimate of drug-likeness (QED) is 0.794. The van der Waals surface area contributed by atoms with Crippen LogP contribution in [0.15, 0.2) is 42.5 Å². The van der Waals surface area contributed by atoms with Crippen LogP contribution < -0.4 is 10.2 Å². The van der Waals surface area contributed by atoms with E-state index in [1.54, 1.807) is 4.90 Å². The molecule has 5 nitrogen and oxygen atoms in total. The van der Waals surface area contributed by atoms with Crippen LogP contribution in [0.3, 0.4) is 0 Å². The van der Waals surface area contributed by atoms with E-state index in [9.17, 15) is 9.59 Å². The number of aryl methyl sites for hydroxylation is 1. The van der Waals surface area contributed by atoms with Gasteiger partial charge in [0, 0.05) is 55.5 Å². The number of nitrogens with zero attached hydrogens (tertiary/aromatic N) is 2. The molecule has 2 aliphatic rings. The van der Waals surface area contributed by atoms with Gasteiger partial charge in [0.05, 0.1) is 5.92 Å². The van der Waals surface area contributed by atoms with Gasteiger partial charge in [-0.15, -0.1) is 0 Å². The van der Waals surface area contributed by atoms with Gasteiger partial charge in [-0.25, -0.2) is 0 Å². The normalized spacial score (nSPS) is 19.9. The van der Waals surface area contributed by atoms with E-state index in [1.165, 1.54) is 17.1 Å². The summed E-state index contributed by atoms with van der Waals surface area (Å²) in [5, 5.41) is 3.04. The maximum Gasteiger partial charge on any atom is 0.229 e. The fourth-order valence-electron chi connectivity index (χ4n) is 4.15. The van der Waals surface area contributed by atoms with Crippen molar-refractivity contribution in [3.63, 3.8) is 0 Å². The zero-order valence-corrected chi connectivity index (χ0v) is 18.5. The van der Waals surface area contributed by atoms with Crippen molar-refractivity contribution in [2.45, 2.75) is 26.8 Å². The highest BCUT2D eigenvalue weighted by Gasteiger charge is 2.35. The average molecular weight is 424 g/mol. The fourth-order valence-corrected chi connectivity index (χ4v) is 5.13. The molecule has 0 spiro atoms. The Labute approximate surface area is 182 Å². The lowest BCUT2D eigenvalue weighted by molar-refractivity contribution is -0.122. The minimum Gasteiger partial charge on any atom is -0.326 e. The second-order valence-corrected chi connectivity index (χ2v) is 9.43. The summed E-state index contributed by atoms with van der Waals surface area (Å²) in [5.74, 6) is 1.97. The Balaban J connectivity index is 1.40. The van der Waals surface area contributed by atoms with Gasteiger partial charge in [-0.05, 0) is 48.7 Å². The molecular formula is C24H29N3O2S. The number of hydrogen-bond acceptors (Lipinski definition) is 4. The SMILES string of the molecule is Cc1cccc(N2CC(C(=O)Nc3cccc(CN4CCSCC4)c3)CC2=O)c1C. The van der Waals surface area contributed by atoms with Gasteiger partial charge in [-0.2, -0.15) is 11.8 Å². The summed E-state index contributed by atoms with van der Waals surface area (Å²) >= 11 is 2.00. The first kappa shape index (κ1) is 20.9. The number of carbonyl (C=O) groups excluding carboxylic acids is 2. The van der Waals surface area contributed by atoms with Crippen molar-refractivity contribution < 1.29 is 9.59 Å². The minimum atomic E-state index is -0.333. The minimum absolute atomic E-state index is 0.0144. The Kier molecular flexibility index (Phi) is 6.44. The van der Waals surface area contributed by atoms with E-state index in [0.29, 0.717) is 6.54 Å². The lowest BCUT2D eigenvalue weighted by Gasteiger charge is -2.26. The van der Waals surface area contributed by atoms with Crippen LogP contribution in [0.1, 0.15) is 23.1 Å². The third kappa shape index (κ3) is 4.71. The van der Waals surface area contributed by atoms with Crippen molar-refractivity contribution in [1.82, 2.24) is 4.90 Å². The maximum absolute atomic E-state index is 12.9. The Morgan fingerprint density at radius 3 is 2.70 bits per heavy atom. The van der Waals surface area contributed by atoms with E-state index in [2.05, 4.69) is 22.3 Å². The molecule has 30 heavy (non-hydrogen) atoms. The third-order valence-corrected chi connectivity index (χ3v) is 7.01. The van der Waals surface area contributed by atoms with Gasteiger partial charge in [-0.3, -0.25) is 14.5 Å². The Hall–Kier alpha value is -2.31. The number of amides is 2. The summed E-state index contributed by atoms with van der Waals surface area (Å²) in [5.41, 5.74) is 5.17. The Morgan fingerprint density at radius 1 is 1.13 bits per heavy atom. The standard InChI is InChI=1S/C24H29N3O2S/c1-17-5-3-8-22(18(17)2)27-16-20(14-23(27)28)24(29)25-21-7-4-6-19(13-21)15-26-9-11-30-12-10-26/h3-8,13,20H,9-12,14-16H2,1-2H3,(H,25,29). The number of hydrogen-bond donors (Lipinski definition) is 1. The molecule has 6 heteroatoms. The number of anilines is 2. The predicted molar refractivity (Wildman–Crippen MR) is 124 cm³/mol. The second-order valence-electron chi connectivity index (χ2n) is 8.20. The van der Waals surface area contributed by atoms with E-state index in [4.69, 9.17) is 0 Å². The molecule has 2 aliphatic heterocycles. The highest BCUT2D eigenvalue weighted by atomic mass is 32.2. The van der Waals surface area contributed by atoms with Crippen LogP contribution in [0.2, 0.25) is 0 Å². The molecule has 2 aromatic rings. The van der Waals surface area contributed by atoms with Gasteiger partial charge in [0.15, 0.2) is 0 Å². The number of rotatable bonds is 5. The van der Waals surface area contributed by atoms with Gasteiger partial charge >= 0.3 is 0 Å². The molecule has 0 aromatic heterocycles. The van der Waals surface area contributed by atoms with Crippen LogP contribution in [-0.2, 0) is 16.1 Å². The number of nitrogens with one attached hydrogen (secondary N) is 1. The molecule has 4 rings (SSSR count). The van der Waals surface area contributed by atoms with Crippen LogP contribution >= 0.6 is 11.8 Å². The molecule has 1 atom stereocenters. The van der Waals surface area contributed by atoms with E-state index in [1.807, 2.05) is 55.9 Å². The molecule has 0 bridgehead atoms. The van der Waals surface area contributed by atoms with E-state index in [0.717, 1.165) is 42.1 Å². The first-order valence-corrected chi connectivity index (χ1v) is 11.7. The largest absolute Gasteiger partial charge is 0.326 e. The maximum atomic E-state index is 12.9. The predicted octanol–water partition coefficient (Wildman–Crippen LogP) is 3.84. The second kappa shape index (κ2) is 9.23. The molecule has 0 radical (unpaired) electrons. The van der Waals surface area contributed by atoms with Crippen molar-refractivity contribution in [2.24, 2.45) is 5.92 Å². The van der Waals surface area contributed by atoms with Gasteiger partial charge in [0.1, 0.15) is 0 Å². The van der Waals surface area contributed by atoms with Gasteiger partial charge in [0.25, 0.3) is 0 Å². The van der Waals surface area contributed by atoms with Gasteiger partial charge < -0.3 is 10.2 Å². The number of benzene rings is 2. The van der Waals surface area contributed by atoms with Gasteiger partial charge in [0.2, 0.25) is 11.8 Å². The average Bonchev–Trinajstić information content (AvgIpc) is 3.13. The molecule has 2 saturated heterocycles. The van der Waals surface area contributed by atoms with E-state index < -0.39 is 0 Å². The lowest BCUT2D eigenvalue weighted by atomic mass is 10.1. The topological polar surface area (TPSA) is 52.7 Å². The first-order chi connectivity index (χ1) is 14.5. The highest BCUT2D eigenvalue weighted by Crippen LogP contribution is 2.30. The summed E-state index contributed by atoms with van der Waals surface area (Å²) < 4.78 is 0. The van der Waals surface area contributed by atoms with Crippen molar-refractivity contribution in [2.75, 3.05) is 41.4 Å². The number of thioether (sulfide) groups is 1. The molecule has 1 unspecified atom stereocenters. The molecular weight excluding hydrogens is 394 g/mol. The summed E-state index contributed by atoms with van der Waals surface area (Å²) in [7, 11) is 0. The third-order valence-electron chi connectivity index (χ3n) is 6.07. The Morgan fingerprint density at radius 2 is 1.90 bits per heavy atom. The van der Waals surface area contributed by atoms with Crippen molar-refractivity contribution in [1.29, 1.82) is 0 Å². The summed E-state index contributed by atoms with van der Waals surface area (Å²) in [4.78, 5) is 29.7. The molecule has 2 amide bonds. The molecule has 0 aliphatic carbocycles. The van der Waals surface area contributed by atoms with E-state index in [-0.39, 0.29) is 24.2 Å². The van der Waals surface area contributed by atoms with Crippen LogP contribution in [0.4, 0.5) is 11.4 Å². The molecule has 158 valence electrons. The number of carbonyl (C=O) groups is 2. The molecule has 2 heterocycles. The summed E-state index contributed by atoms with van der Waals surface area (Å²) in [6, 6.07) is 14.0. The van der Waals surface area contributed by atoms with Crippen molar-refractivity contribution in [3.8, 4) is 0 Å². The van der Waals surface area contributed by atoms with E-state index >= 15 is 0 Å². The van der Waals surface area contributed by atoms with Crippen LogP contribution in [0, 0.1) is 19.8 Å². The first-order valence-electron chi connectivity index (χ1n) is 10.6. The van der Waals surface area contributed by atoms with Crippen molar-refractivity contribution in [3.05, 3.63) is 59.2 Å². The molecule has 2 aromatic carbocycles. The summed E-state index contributed by atoms with van der Waals surface area (Å²) in [6.45, 7) is 7.63. The Bertz CT molecular complexity index is 940. The fraction of sp³-hybridized carbons (Fsp3) is 0.417. The lowest BCUT2D eigenvalue weighted by Crippen LogP contribution is -2.32. The van der Waals surface area contributed by atoms with Crippen molar-refractivity contribution >= 4 is 35.0 Å².